The van der Waals surface area contributed by atoms with Gasteiger partial charge < -0.3 is 18.8 Å². The highest BCUT2D eigenvalue weighted by molar-refractivity contribution is 7.78. The third-order valence-electron chi connectivity index (χ3n) is 1.43. The molecule has 6 nitrogen and oxygen atoms in total. The lowest BCUT2D eigenvalue weighted by Gasteiger charge is -2.17. The van der Waals surface area contributed by atoms with Crippen molar-refractivity contribution in [2.24, 2.45) is 5.92 Å². The Balaban J connectivity index is 4.60. The van der Waals surface area contributed by atoms with Crippen molar-refractivity contribution in [1.82, 2.24) is 4.90 Å². The lowest BCUT2D eigenvalue weighted by molar-refractivity contribution is -0.130. The largest absolute Gasteiger partial charge is 0.524 e. The molecule has 0 rings (SSSR count). The van der Waals surface area contributed by atoms with Crippen molar-refractivity contribution in [3.8, 4) is 0 Å². The first-order chi connectivity index (χ1) is 6.88. The molecule has 1 amide bonds. The number of nitrogens with zero attached hydrogens (tertiary/aromatic N) is 3. The molecule has 0 atom stereocenters. The minimum absolute atomic E-state index is 0.268. The Labute approximate surface area is 90.7 Å². The zero-order chi connectivity index (χ0) is 12.0. The van der Waals surface area contributed by atoms with Crippen LogP contribution >= 0.6 is 0 Å². The smallest absolute Gasteiger partial charge is 0.498 e. The molecule has 86 valence electrons. The number of rotatable bonds is 3. The summed E-state index contributed by atoms with van der Waals surface area (Å²) in [5.41, 5.74) is 8.48. The van der Waals surface area contributed by atoms with Gasteiger partial charge in [-0.2, -0.15) is 5.87 Å². The molecule has 0 saturated carbocycles. The Bertz CT molecular complexity index is 348. The van der Waals surface area contributed by atoms with Crippen LogP contribution < -0.4 is 0 Å². The summed E-state index contributed by atoms with van der Waals surface area (Å²) in [6.07, 6.45) is 0. The molecule has 0 aromatic carbocycles. The lowest BCUT2D eigenvalue weighted by Crippen LogP contribution is -2.37. The van der Waals surface area contributed by atoms with E-state index in [9.17, 15) is 9.00 Å². The number of likely N-dealkylation sites (N-methyl/N-ethyl adjacent to an activating group) is 1. The van der Waals surface area contributed by atoms with Gasteiger partial charge in [0.1, 0.15) is 0 Å². The first-order valence-electron chi connectivity index (χ1n) is 4.25. The molecule has 0 saturated heterocycles. The molecule has 0 aliphatic rings. The van der Waals surface area contributed by atoms with E-state index in [1.807, 2.05) is 13.8 Å². The lowest BCUT2D eigenvalue weighted by atomic mass is 10.2. The highest BCUT2D eigenvalue weighted by Gasteiger charge is 2.24. The fourth-order valence-electron chi connectivity index (χ4n) is 0.977. The van der Waals surface area contributed by atoms with Crippen LogP contribution in [-0.2, 0) is 23.9 Å². The Morgan fingerprint density at radius 1 is 1.67 bits per heavy atom. The van der Waals surface area contributed by atoms with E-state index in [1.165, 1.54) is 11.9 Å². The zero-order valence-electron chi connectivity index (χ0n) is 8.97. The minimum Gasteiger partial charge on any atom is -0.498 e. The van der Waals surface area contributed by atoms with Gasteiger partial charge in [-0.3, -0.25) is 4.79 Å². The summed E-state index contributed by atoms with van der Waals surface area (Å²) in [4.78, 5) is 15.4. The van der Waals surface area contributed by atoms with Gasteiger partial charge in [-0.05, 0) is 5.92 Å². The molecular weight excluding hydrogens is 218 g/mol. The van der Waals surface area contributed by atoms with Crippen LogP contribution in [0.1, 0.15) is 13.8 Å². The fraction of sp³-hybridized carbons (Fsp3) is 0.625. The molecule has 0 fully saturated rings. The van der Waals surface area contributed by atoms with Gasteiger partial charge in [-0.25, -0.2) is 0 Å². The third-order valence-corrected chi connectivity index (χ3v) is 1.78. The van der Waals surface area contributed by atoms with E-state index in [1.54, 1.807) is 0 Å². The minimum atomic E-state index is -1.93. The first-order valence-corrected chi connectivity index (χ1v) is 5.50. The topological polar surface area (TPSA) is 83.0 Å². The van der Waals surface area contributed by atoms with Crippen molar-refractivity contribution in [3.05, 3.63) is 5.53 Å². The second kappa shape index (κ2) is 6.21. The molecule has 0 spiro atoms. The van der Waals surface area contributed by atoms with Crippen LogP contribution in [0.25, 0.3) is 5.53 Å². The van der Waals surface area contributed by atoms with Crippen LogP contribution in [0.4, 0.5) is 0 Å². The van der Waals surface area contributed by atoms with Crippen LogP contribution in [0.3, 0.4) is 0 Å². The average molecular weight is 232 g/mol. The molecule has 7 heteroatoms. The third kappa shape index (κ3) is 5.19. The SMILES string of the molecule is C=[S-](=O)OC(=[N+]=[N-])C(=O)N(C)CC(C)C. The van der Waals surface area contributed by atoms with E-state index >= 15 is 0 Å². The van der Waals surface area contributed by atoms with Crippen molar-refractivity contribution in [3.63, 3.8) is 0 Å². The van der Waals surface area contributed by atoms with Gasteiger partial charge in [0.15, 0.2) is 0 Å². The van der Waals surface area contributed by atoms with Crippen LogP contribution in [0, 0.1) is 5.92 Å². The highest BCUT2D eigenvalue weighted by atomic mass is 32.2. The molecule has 0 aliphatic carbocycles. The maximum absolute atomic E-state index is 11.5. The maximum Gasteiger partial charge on any atom is 0.524 e. The number of amides is 1. The van der Waals surface area contributed by atoms with Gasteiger partial charge in [-0.15, -0.1) is 15.5 Å². The molecule has 0 bridgehead atoms. The Morgan fingerprint density at radius 2 is 2.20 bits per heavy atom. The van der Waals surface area contributed by atoms with E-state index in [2.05, 4.69) is 14.8 Å². The van der Waals surface area contributed by atoms with E-state index in [0.29, 0.717) is 6.54 Å². The van der Waals surface area contributed by atoms with Crippen molar-refractivity contribution < 1.29 is 18.0 Å². The Kier molecular flexibility index (Phi) is 5.66. The summed E-state index contributed by atoms with van der Waals surface area (Å²) in [5.74, 6) is 2.03. The molecule has 0 radical (unpaired) electrons. The summed E-state index contributed by atoms with van der Waals surface area (Å²) in [6, 6.07) is 0. The molecule has 0 heterocycles. The number of carbonyl (C=O) groups excluding carboxylic acids is 1. The van der Waals surface area contributed by atoms with Crippen molar-refractivity contribution in [2.45, 2.75) is 13.8 Å². The maximum atomic E-state index is 11.5. The van der Waals surface area contributed by atoms with Crippen molar-refractivity contribution in [2.75, 3.05) is 13.6 Å². The van der Waals surface area contributed by atoms with Crippen LogP contribution in [0.15, 0.2) is 0 Å². The van der Waals surface area contributed by atoms with Crippen molar-refractivity contribution in [1.29, 1.82) is 0 Å². The normalized spacial score (nSPS) is 9.93. The predicted octanol–water partition coefficient (Wildman–Crippen LogP) is 0.0565. The predicted molar refractivity (Wildman–Crippen MR) is 57.4 cm³/mol. The van der Waals surface area contributed by atoms with Gasteiger partial charge in [-0.1, -0.05) is 13.8 Å². The highest BCUT2D eigenvalue weighted by Crippen LogP contribution is 1.97. The molecule has 15 heavy (non-hydrogen) atoms. The summed E-state index contributed by atoms with van der Waals surface area (Å²) >= 11 is 0. The molecule has 0 N–H and O–H groups in total. The molecule has 0 aromatic rings. The van der Waals surface area contributed by atoms with Crippen LogP contribution in [0.5, 0.6) is 0 Å². The molecule has 0 unspecified atom stereocenters. The van der Waals surface area contributed by atoms with Gasteiger partial charge >= 0.3 is 11.8 Å². The first kappa shape index (κ1) is 13.7. The summed E-state index contributed by atoms with van der Waals surface area (Å²) in [7, 11) is -0.403. The number of carbonyl (C=O) groups is 1. The van der Waals surface area contributed by atoms with E-state index in [-0.39, 0.29) is 5.92 Å². The van der Waals surface area contributed by atoms with Crippen LogP contribution in [-0.4, -0.2) is 41.0 Å². The van der Waals surface area contributed by atoms with Gasteiger partial charge in [0.2, 0.25) is 0 Å². The van der Waals surface area contributed by atoms with E-state index < -0.39 is 22.5 Å². The van der Waals surface area contributed by atoms with E-state index in [0.717, 1.165) is 0 Å². The Hall–Kier alpha value is -1.33. The van der Waals surface area contributed by atoms with Gasteiger partial charge in [0.25, 0.3) is 0 Å². The van der Waals surface area contributed by atoms with Crippen molar-refractivity contribution >= 4 is 28.3 Å². The summed E-state index contributed by atoms with van der Waals surface area (Å²) < 4.78 is 15.0. The van der Waals surface area contributed by atoms with Crippen LogP contribution in [0.2, 0.25) is 0 Å². The second-order valence-electron chi connectivity index (χ2n) is 3.37. The molecular formula is C8H14N3O3S-. The molecule has 0 aliphatic heterocycles. The number of hydrogen-bond acceptors (Lipinski definition) is 4. The second-order valence-corrected chi connectivity index (χ2v) is 4.15. The Morgan fingerprint density at radius 3 is 2.53 bits per heavy atom. The molecule has 0 aromatic heterocycles. The van der Waals surface area contributed by atoms with E-state index in [4.69, 9.17) is 5.53 Å². The summed E-state index contributed by atoms with van der Waals surface area (Å²) in [5, 5.41) is 0. The monoisotopic (exact) mass is 232 g/mol. The summed E-state index contributed by atoms with van der Waals surface area (Å²) in [6.45, 7) is 4.34. The quantitative estimate of drug-likeness (QED) is 0.172. The standard InChI is InChI=1S/C8H14N3O3S/c1-6(2)5-11(3)8(12)7(10-9)14-15(4)13/h6H,4-5H2,1-3H3/q-1. The average Bonchev–Trinajstić information content (AvgIpc) is 2.11. The van der Waals surface area contributed by atoms with Gasteiger partial charge in [0, 0.05) is 13.6 Å². The van der Waals surface area contributed by atoms with Gasteiger partial charge in [0.05, 0.1) is 0 Å². The number of hydrogen-bond donors (Lipinski definition) is 0. The zero-order valence-corrected chi connectivity index (χ0v) is 9.78. The fourth-order valence-corrected chi connectivity index (χ4v) is 1.26.